The number of benzene rings is 1. The maximum Gasteiger partial charge on any atom is 0.283 e. The molecule has 1 amide bonds. The molecule has 0 aliphatic rings. The number of ether oxygens (including phenoxy) is 2. The molecule has 0 saturated heterocycles. The lowest BCUT2D eigenvalue weighted by atomic mass is 10.1. The molecule has 0 aliphatic heterocycles. The number of methoxy groups -OCH3 is 1. The van der Waals surface area contributed by atoms with Crippen LogP contribution in [0.5, 0.6) is 11.5 Å². The molecule has 0 saturated carbocycles. The highest BCUT2D eigenvalue weighted by atomic mass is 35.5. The number of furan rings is 1. The zero-order valence-electron chi connectivity index (χ0n) is 16.5. The van der Waals surface area contributed by atoms with Gasteiger partial charge in [-0.1, -0.05) is 18.5 Å². The van der Waals surface area contributed by atoms with Crippen molar-refractivity contribution in [1.82, 2.24) is 15.1 Å². The molecule has 2 heterocycles. The lowest BCUT2D eigenvalue weighted by molar-refractivity contribution is 0.0728. The first-order chi connectivity index (χ1) is 14.1. The average molecular weight is 420 g/mol. The number of hydrogen-bond acceptors (Lipinski definition) is 7. The van der Waals surface area contributed by atoms with Gasteiger partial charge in [0.15, 0.2) is 17.3 Å². The number of carbonyl (C=O) groups is 1. The van der Waals surface area contributed by atoms with Gasteiger partial charge < -0.3 is 23.2 Å². The van der Waals surface area contributed by atoms with Crippen LogP contribution in [-0.2, 0) is 6.54 Å². The van der Waals surface area contributed by atoms with E-state index in [0.717, 1.165) is 6.42 Å². The summed E-state index contributed by atoms with van der Waals surface area (Å²) in [5, 5.41) is 8.30. The molecule has 3 rings (SSSR count). The van der Waals surface area contributed by atoms with Crippen molar-refractivity contribution in [2.75, 3.05) is 20.3 Å². The first kappa shape index (κ1) is 20.7. The Morgan fingerprint density at radius 2 is 2.10 bits per heavy atom. The van der Waals surface area contributed by atoms with Crippen molar-refractivity contribution in [1.29, 1.82) is 0 Å². The summed E-state index contributed by atoms with van der Waals surface area (Å²) < 4.78 is 21.7. The lowest BCUT2D eigenvalue weighted by Crippen LogP contribution is -2.31. The van der Waals surface area contributed by atoms with E-state index in [1.165, 1.54) is 13.4 Å². The molecule has 0 atom stereocenters. The fraction of sp³-hybridized carbons (Fsp3) is 0.350. The molecule has 1 aromatic carbocycles. The number of aromatic nitrogens is 2. The second-order valence-electron chi connectivity index (χ2n) is 6.13. The van der Waals surface area contributed by atoms with E-state index in [1.807, 2.05) is 13.8 Å². The van der Waals surface area contributed by atoms with Gasteiger partial charge in [0.25, 0.3) is 11.8 Å². The lowest BCUT2D eigenvalue weighted by Gasteiger charge is -2.21. The quantitative estimate of drug-likeness (QED) is 0.506. The highest BCUT2D eigenvalue weighted by molar-refractivity contribution is 6.32. The van der Waals surface area contributed by atoms with E-state index in [9.17, 15) is 4.79 Å². The minimum atomic E-state index is -0.229. The average Bonchev–Trinajstić information content (AvgIpc) is 3.40. The van der Waals surface area contributed by atoms with E-state index >= 15 is 0 Å². The molecule has 29 heavy (non-hydrogen) atoms. The van der Waals surface area contributed by atoms with Crippen LogP contribution in [0.3, 0.4) is 0 Å². The van der Waals surface area contributed by atoms with Crippen molar-refractivity contribution < 1.29 is 23.1 Å². The van der Waals surface area contributed by atoms with Crippen molar-refractivity contribution in [2.24, 2.45) is 0 Å². The Labute approximate surface area is 173 Å². The number of rotatable bonds is 9. The van der Waals surface area contributed by atoms with Crippen LogP contribution < -0.4 is 9.47 Å². The minimum absolute atomic E-state index is 0.160. The van der Waals surface area contributed by atoms with Crippen LogP contribution in [0.1, 0.15) is 36.5 Å². The number of nitrogens with zero attached hydrogens (tertiary/aromatic N) is 3. The third-order valence-corrected chi connectivity index (χ3v) is 4.35. The summed E-state index contributed by atoms with van der Waals surface area (Å²) in [6.45, 7) is 4.92. The van der Waals surface area contributed by atoms with Crippen molar-refractivity contribution in [3.05, 3.63) is 47.0 Å². The van der Waals surface area contributed by atoms with Gasteiger partial charge in [0.05, 0.1) is 31.5 Å². The van der Waals surface area contributed by atoms with Gasteiger partial charge in [-0.3, -0.25) is 4.79 Å². The van der Waals surface area contributed by atoms with Crippen LogP contribution in [0, 0.1) is 0 Å². The number of halogens is 1. The van der Waals surface area contributed by atoms with Gasteiger partial charge in [-0.05, 0) is 37.6 Å². The first-order valence-corrected chi connectivity index (χ1v) is 9.61. The van der Waals surface area contributed by atoms with E-state index in [0.29, 0.717) is 46.9 Å². The Morgan fingerprint density at radius 1 is 1.28 bits per heavy atom. The molecular formula is C20H22ClN3O5. The summed E-state index contributed by atoms with van der Waals surface area (Å²) in [6, 6.07) is 6.64. The van der Waals surface area contributed by atoms with Gasteiger partial charge in [-0.25, -0.2) is 0 Å². The molecule has 0 spiro atoms. The summed E-state index contributed by atoms with van der Waals surface area (Å²) in [7, 11) is 1.50. The van der Waals surface area contributed by atoms with Crippen molar-refractivity contribution in [2.45, 2.75) is 26.8 Å². The Morgan fingerprint density at radius 3 is 2.76 bits per heavy atom. The third-order valence-electron chi connectivity index (χ3n) is 4.07. The maximum atomic E-state index is 13.1. The van der Waals surface area contributed by atoms with E-state index in [1.54, 1.807) is 29.2 Å². The molecule has 0 fully saturated rings. The predicted molar refractivity (Wildman–Crippen MR) is 106 cm³/mol. The Balaban J connectivity index is 1.83. The zero-order chi connectivity index (χ0) is 20.8. The van der Waals surface area contributed by atoms with E-state index < -0.39 is 0 Å². The Bertz CT molecular complexity index is 955. The van der Waals surface area contributed by atoms with Gasteiger partial charge in [0.2, 0.25) is 5.89 Å². The fourth-order valence-corrected chi connectivity index (χ4v) is 3.08. The Hall–Kier alpha value is -3.00. The molecule has 8 nitrogen and oxygen atoms in total. The van der Waals surface area contributed by atoms with Gasteiger partial charge in [-0.2, -0.15) is 0 Å². The third kappa shape index (κ3) is 4.71. The summed E-state index contributed by atoms with van der Waals surface area (Å²) in [5.41, 5.74) is 0.384. The zero-order valence-corrected chi connectivity index (χ0v) is 17.2. The first-order valence-electron chi connectivity index (χ1n) is 9.23. The molecule has 0 unspecified atom stereocenters. The largest absolute Gasteiger partial charge is 0.493 e. The van der Waals surface area contributed by atoms with Crippen LogP contribution in [0.15, 0.2) is 39.4 Å². The standard InChI is InChI=1S/C20H22ClN3O5/c1-4-8-24(12-17-22-23-19(29-17)15-7-6-9-28-15)20(25)13-10-14(21)18(27-5-2)16(11-13)26-3/h6-7,9-11H,4-5,8,12H2,1-3H3. The smallest absolute Gasteiger partial charge is 0.283 e. The molecule has 0 radical (unpaired) electrons. The van der Waals surface area contributed by atoms with Crippen LogP contribution in [0.4, 0.5) is 0 Å². The summed E-state index contributed by atoms with van der Waals surface area (Å²) in [5.74, 6) is 1.63. The van der Waals surface area contributed by atoms with Crippen molar-refractivity contribution in [3.8, 4) is 23.1 Å². The van der Waals surface area contributed by atoms with Gasteiger partial charge >= 0.3 is 0 Å². The van der Waals surface area contributed by atoms with Crippen LogP contribution >= 0.6 is 11.6 Å². The summed E-state index contributed by atoms with van der Waals surface area (Å²) in [6.07, 6.45) is 2.28. The normalized spacial score (nSPS) is 10.8. The maximum absolute atomic E-state index is 13.1. The van der Waals surface area contributed by atoms with E-state index in [-0.39, 0.29) is 18.3 Å². The van der Waals surface area contributed by atoms with Crippen LogP contribution in [0.25, 0.3) is 11.7 Å². The monoisotopic (exact) mass is 419 g/mol. The molecule has 154 valence electrons. The predicted octanol–water partition coefficient (Wildman–Crippen LogP) is 4.44. The van der Waals surface area contributed by atoms with E-state index in [2.05, 4.69) is 10.2 Å². The van der Waals surface area contributed by atoms with E-state index in [4.69, 9.17) is 29.9 Å². The summed E-state index contributed by atoms with van der Waals surface area (Å²) >= 11 is 6.31. The van der Waals surface area contributed by atoms with Crippen molar-refractivity contribution >= 4 is 17.5 Å². The van der Waals surface area contributed by atoms with Crippen LogP contribution in [0.2, 0.25) is 5.02 Å². The molecule has 0 N–H and O–H groups in total. The fourth-order valence-electron chi connectivity index (χ4n) is 2.81. The highest BCUT2D eigenvalue weighted by Crippen LogP contribution is 2.36. The number of amides is 1. The Kier molecular flexibility index (Phi) is 6.77. The molecule has 0 aliphatic carbocycles. The highest BCUT2D eigenvalue weighted by Gasteiger charge is 2.22. The second-order valence-corrected chi connectivity index (χ2v) is 6.53. The molecule has 2 aromatic heterocycles. The number of hydrogen-bond donors (Lipinski definition) is 0. The topological polar surface area (TPSA) is 90.8 Å². The van der Waals surface area contributed by atoms with Gasteiger partial charge in [0, 0.05) is 12.1 Å². The number of carbonyl (C=O) groups excluding carboxylic acids is 1. The second kappa shape index (κ2) is 9.47. The molecule has 0 bridgehead atoms. The van der Waals surface area contributed by atoms with Crippen molar-refractivity contribution in [3.63, 3.8) is 0 Å². The molecular weight excluding hydrogens is 398 g/mol. The summed E-state index contributed by atoms with van der Waals surface area (Å²) in [4.78, 5) is 14.7. The molecule has 3 aromatic rings. The van der Waals surface area contributed by atoms with Gasteiger partial charge in [0.1, 0.15) is 0 Å². The van der Waals surface area contributed by atoms with Crippen LogP contribution in [-0.4, -0.2) is 41.3 Å². The van der Waals surface area contributed by atoms with Gasteiger partial charge in [-0.15, -0.1) is 10.2 Å². The minimum Gasteiger partial charge on any atom is -0.493 e. The molecule has 9 heteroatoms. The SMILES string of the molecule is CCCN(Cc1nnc(-c2ccco2)o1)C(=O)c1cc(Cl)c(OCC)c(OC)c1.